The van der Waals surface area contributed by atoms with Gasteiger partial charge in [0.05, 0.1) is 23.5 Å². The molecular weight excluding hydrogens is 271 g/mol. The minimum atomic E-state index is -0.552. The van der Waals surface area contributed by atoms with Crippen molar-refractivity contribution in [3.05, 3.63) is 29.8 Å². The number of rotatable bonds is 4. The molecule has 2 aromatic rings. The van der Waals surface area contributed by atoms with Crippen molar-refractivity contribution in [2.24, 2.45) is 0 Å². The van der Waals surface area contributed by atoms with E-state index in [0.29, 0.717) is 23.5 Å². The molecule has 1 atom stereocenters. The van der Waals surface area contributed by atoms with Crippen molar-refractivity contribution in [3.8, 4) is 0 Å². The van der Waals surface area contributed by atoms with Crippen LogP contribution in [0.2, 0.25) is 0 Å². The van der Waals surface area contributed by atoms with Crippen LogP contribution in [0.5, 0.6) is 0 Å². The zero-order chi connectivity index (χ0) is 14.0. The minimum Gasteiger partial charge on any atom is -0.464 e. The number of imidazole rings is 1. The summed E-state index contributed by atoms with van der Waals surface area (Å²) in [4.78, 5) is 16.1. The number of benzene rings is 1. The first-order valence-corrected chi connectivity index (χ1v) is 6.51. The van der Waals surface area contributed by atoms with Gasteiger partial charge in [0.25, 0.3) is 0 Å². The number of nitrogens with zero attached hydrogens (tertiary/aromatic N) is 2. The molecular formula is C13H14ClFN2O2. The van der Waals surface area contributed by atoms with Crippen LogP contribution in [-0.2, 0) is 15.4 Å². The Morgan fingerprint density at radius 3 is 2.95 bits per heavy atom. The molecule has 102 valence electrons. The van der Waals surface area contributed by atoms with Crippen LogP contribution in [0.15, 0.2) is 18.2 Å². The van der Waals surface area contributed by atoms with Crippen LogP contribution < -0.4 is 0 Å². The van der Waals surface area contributed by atoms with Gasteiger partial charge >= 0.3 is 5.97 Å². The van der Waals surface area contributed by atoms with Crippen LogP contribution in [-0.4, -0.2) is 22.1 Å². The Balaban J connectivity index is 2.54. The smallest absolute Gasteiger partial charge is 0.328 e. The highest BCUT2D eigenvalue weighted by Gasteiger charge is 2.22. The topological polar surface area (TPSA) is 44.1 Å². The summed E-state index contributed by atoms with van der Waals surface area (Å²) in [5, 5.41) is 0. The van der Waals surface area contributed by atoms with Crippen LogP contribution in [0, 0.1) is 5.82 Å². The average molecular weight is 285 g/mol. The zero-order valence-corrected chi connectivity index (χ0v) is 11.4. The van der Waals surface area contributed by atoms with Gasteiger partial charge in [-0.25, -0.2) is 14.2 Å². The van der Waals surface area contributed by atoms with Gasteiger partial charge in [0, 0.05) is 6.07 Å². The molecule has 0 fully saturated rings. The molecule has 0 radical (unpaired) electrons. The summed E-state index contributed by atoms with van der Waals surface area (Å²) >= 11 is 5.84. The van der Waals surface area contributed by atoms with E-state index in [0.717, 1.165) is 0 Å². The Hall–Kier alpha value is -1.62. The fraction of sp³-hybridized carbons (Fsp3) is 0.385. The number of ether oxygens (including phenoxy) is 1. The van der Waals surface area contributed by atoms with Gasteiger partial charge in [0.15, 0.2) is 0 Å². The first kappa shape index (κ1) is 13.8. The lowest BCUT2D eigenvalue weighted by atomic mass is 10.2. The molecule has 0 saturated carbocycles. The van der Waals surface area contributed by atoms with E-state index in [1.807, 2.05) is 0 Å². The summed E-state index contributed by atoms with van der Waals surface area (Å²) < 4.78 is 19.9. The Morgan fingerprint density at radius 2 is 2.32 bits per heavy atom. The van der Waals surface area contributed by atoms with E-state index in [1.165, 1.54) is 12.1 Å². The fourth-order valence-electron chi connectivity index (χ4n) is 2.02. The van der Waals surface area contributed by atoms with Crippen molar-refractivity contribution in [1.82, 2.24) is 9.55 Å². The van der Waals surface area contributed by atoms with E-state index in [4.69, 9.17) is 16.3 Å². The summed E-state index contributed by atoms with van der Waals surface area (Å²) in [5.74, 6) is -0.0811. The molecule has 1 aromatic heterocycles. The van der Waals surface area contributed by atoms with Crippen molar-refractivity contribution in [2.75, 3.05) is 6.61 Å². The SMILES string of the molecule is CCOC(=O)C(C)n1c(CCl)nc2cc(F)ccc21. The highest BCUT2D eigenvalue weighted by molar-refractivity contribution is 6.16. The molecule has 1 unspecified atom stereocenters. The van der Waals surface area contributed by atoms with Gasteiger partial charge in [-0.05, 0) is 26.0 Å². The normalized spacial score (nSPS) is 12.6. The Labute approximate surface area is 115 Å². The van der Waals surface area contributed by atoms with Gasteiger partial charge in [0.2, 0.25) is 0 Å². The molecule has 0 aliphatic carbocycles. The largest absolute Gasteiger partial charge is 0.464 e. The molecule has 1 heterocycles. The van der Waals surface area contributed by atoms with E-state index in [1.54, 1.807) is 24.5 Å². The third-order valence-corrected chi connectivity index (χ3v) is 3.10. The van der Waals surface area contributed by atoms with Gasteiger partial charge in [-0.15, -0.1) is 11.6 Å². The molecule has 0 bridgehead atoms. The van der Waals surface area contributed by atoms with Crippen LogP contribution in [0.4, 0.5) is 4.39 Å². The number of fused-ring (bicyclic) bond motifs is 1. The number of halogens is 2. The van der Waals surface area contributed by atoms with Crippen LogP contribution in [0.1, 0.15) is 25.7 Å². The van der Waals surface area contributed by atoms with Crippen molar-refractivity contribution >= 4 is 28.6 Å². The Bertz CT molecular complexity index is 612. The second-order valence-corrected chi connectivity index (χ2v) is 4.36. The van der Waals surface area contributed by atoms with Crippen molar-refractivity contribution in [3.63, 3.8) is 0 Å². The molecule has 0 amide bonds. The van der Waals surface area contributed by atoms with E-state index < -0.39 is 6.04 Å². The number of carbonyl (C=O) groups is 1. The van der Waals surface area contributed by atoms with Gasteiger partial charge in [-0.1, -0.05) is 0 Å². The first-order chi connectivity index (χ1) is 9.08. The van der Waals surface area contributed by atoms with E-state index in [-0.39, 0.29) is 17.7 Å². The highest BCUT2D eigenvalue weighted by Crippen LogP contribution is 2.23. The summed E-state index contributed by atoms with van der Waals surface area (Å²) in [6.45, 7) is 3.76. The van der Waals surface area contributed by atoms with Crippen molar-refractivity contribution < 1.29 is 13.9 Å². The lowest BCUT2D eigenvalue weighted by Gasteiger charge is -2.15. The molecule has 4 nitrogen and oxygen atoms in total. The standard InChI is InChI=1S/C13H14ClFN2O2/c1-3-19-13(18)8(2)17-11-5-4-9(15)6-10(11)16-12(17)7-14/h4-6,8H,3,7H2,1-2H3. The van der Waals surface area contributed by atoms with Gasteiger partial charge in [0.1, 0.15) is 17.7 Å². The average Bonchev–Trinajstić information content (AvgIpc) is 2.75. The van der Waals surface area contributed by atoms with E-state index in [2.05, 4.69) is 4.98 Å². The molecule has 0 aliphatic heterocycles. The molecule has 0 saturated heterocycles. The Morgan fingerprint density at radius 1 is 1.58 bits per heavy atom. The highest BCUT2D eigenvalue weighted by atomic mass is 35.5. The maximum atomic E-state index is 13.2. The third kappa shape index (κ3) is 2.56. The van der Waals surface area contributed by atoms with Crippen LogP contribution in [0.25, 0.3) is 11.0 Å². The number of hydrogen-bond donors (Lipinski definition) is 0. The maximum absolute atomic E-state index is 13.2. The Kier molecular flexibility index (Phi) is 4.04. The summed E-state index contributed by atoms with van der Waals surface area (Å²) in [5.41, 5.74) is 1.14. The second kappa shape index (κ2) is 5.57. The first-order valence-electron chi connectivity index (χ1n) is 5.97. The van der Waals surface area contributed by atoms with Gasteiger partial charge in [-0.3, -0.25) is 0 Å². The predicted octanol–water partition coefficient (Wildman–Crippen LogP) is 3.04. The summed E-state index contributed by atoms with van der Waals surface area (Å²) in [7, 11) is 0. The second-order valence-electron chi connectivity index (χ2n) is 4.09. The van der Waals surface area contributed by atoms with Gasteiger partial charge in [-0.2, -0.15) is 0 Å². The molecule has 6 heteroatoms. The van der Waals surface area contributed by atoms with Crippen molar-refractivity contribution in [1.29, 1.82) is 0 Å². The van der Waals surface area contributed by atoms with Crippen LogP contribution in [0.3, 0.4) is 0 Å². The quantitative estimate of drug-likeness (QED) is 0.640. The number of alkyl halides is 1. The lowest BCUT2D eigenvalue weighted by Crippen LogP contribution is -2.20. The summed E-state index contributed by atoms with van der Waals surface area (Å²) in [6, 6.07) is 3.68. The number of carbonyl (C=O) groups excluding carboxylic acids is 1. The number of esters is 1. The molecule has 0 spiro atoms. The maximum Gasteiger partial charge on any atom is 0.328 e. The zero-order valence-electron chi connectivity index (χ0n) is 10.7. The monoisotopic (exact) mass is 284 g/mol. The van der Waals surface area contributed by atoms with E-state index in [9.17, 15) is 9.18 Å². The third-order valence-electron chi connectivity index (χ3n) is 2.86. The molecule has 19 heavy (non-hydrogen) atoms. The van der Waals surface area contributed by atoms with E-state index >= 15 is 0 Å². The minimum absolute atomic E-state index is 0.139. The lowest BCUT2D eigenvalue weighted by molar-refractivity contribution is -0.146. The molecule has 0 aliphatic rings. The number of hydrogen-bond acceptors (Lipinski definition) is 3. The van der Waals surface area contributed by atoms with Crippen molar-refractivity contribution in [2.45, 2.75) is 25.8 Å². The molecule has 0 N–H and O–H groups in total. The fourth-order valence-corrected chi connectivity index (χ4v) is 2.21. The molecule has 2 rings (SSSR count). The number of aromatic nitrogens is 2. The van der Waals surface area contributed by atoms with Crippen LogP contribution >= 0.6 is 11.6 Å². The summed E-state index contributed by atoms with van der Waals surface area (Å²) in [6.07, 6.45) is 0. The van der Waals surface area contributed by atoms with Gasteiger partial charge < -0.3 is 9.30 Å². The predicted molar refractivity (Wildman–Crippen MR) is 70.6 cm³/mol. The molecule has 1 aromatic carbocycles.